The van der Waals surface area contributed by atoms with Gasteiger partial charge in [-0.15, -0.1) is 0 Å². The summed E-state index contributed by atoms with van der Waals surface area (Å²) < 4.78 is 23.4. The first kappa shape index (κ1) is 105. The maximum Gasteiger partial charge on any atom is 0.407 e. The van der Waals surface area contributed by atoms with Crippen LogP contribution < -0.4 is 21.7 Å². The van der Waals surface area contributed by atoms with E-state index in [4.69, 9.17) is 34.3 Å². The number of aliphatic carboxylic acids is 1. The van der Waals surface area contributed by atoms with Gasteiger partial charge in [0.05, 0.1) is 18.3 Å². The van der Waals surface area contributed by atoms with Crippen molar-refractivity contribution in [2.45, 2.75) is 385 Å². The summed E-state index contributed by atoms with van der Waals surface area (Å²) in [5, 5.41) is 77.5. The second-order valence-electron chi connectivity index (χ2n) is 48.5. The second kappa shape index (κ2) is 41.0. The van der Waals surface area contributed by atoms with Gasteiger partial charge >= 0.3 is 18.3 Å². The lowest BCUT2D eigenvalue weighted by Crippen LogP contribution is -2.54. The van der Waals surface area contributed by atoms with Gasteiger partial charge in [0.15, 0.2) is 8.32 Å². The summed E-state index contributed by atoms with van der Waals surface area (Å²) in [6.07, 6.45) is 25.0. The molecule has 0 aromatic rings. The molecule has 0 spiro atoms. The number of alkyl carbamates (subject to hydrolysis) is 3. The molecule has 0 heterocycles. The van der Waals surface area contributed by atoms with Crippen molar-refractivity contribution in [3.05, 3.63) is 24.3 Å². The SMILES string of the molecule is C=C1CC[C@H]2[C@H](CN)[C@@H]([C@@]3(C)CC[C@H](O)C[C@@H]3CO)CC[C@]12C.C=C1CC[C@H]2[C@H](CNC(=O)OC(C)(C)C)[C@@H]([C@@]3(C)CC[C@H](O)C[C@@H]3CO)CC[C@]12C.CC(=O)O.CC(C)(C)OC(=O)NC[C@@H]1[C@@H]([C@@]2(C)CC[C@H](O)C[C@@H]2CO)CC[C@]2(C)C(=O)CC[C@@H]12.C[C@H]1CC[C@](C)([C@H]2CC[C@]3(C)C(=O)CC[C@H]3[C@@H]2CNC(=O)OC(C)(C)C)[C@@H](CO[Si](C)(C)C(C)(C)C)C1. The molecule has 0 bridgehead atoms. The molecule has 12 rings (SSSR count). The minimum atomic E-state index is -1.85. The molecule has 714 valence electrons. The average molecular weight is 1760 g/mol. The number of hydrogen-bond donors (Lipinski definition) is 11. The molecule has 0 unspecified atom stereocenters. The molecule has 0 radical (unpaired) electrons. The minimum Gasteiger partial charge on any atom is -0.481 e. The Hall–Kier alpha value is -4.00. The molecular weight excluding hydrogens is 1580 g/mol. The number of amides is 3. The lowest BCUT2D eigenvalue weighted by molar-refractivity contribution is -0.136. The molecular formula is C102H180N4O17Si. The third-order valence-corrected chi connectivity index (χ3v) is 41.3. The number of aliphatic hydroxyl groups is 6. The fraction of sp³-hybridized carbons (Fsp3) is 0.902. The van der Waals surface area contributed by atoms with Crippen LogP contribution in [-0.2, 0) is 33.0 Å². The summed E-state index contributed by atoms with van der Waals surface area (Å²) in [6.45, 7) is 63.0. The van der Waals surface area contributed by atoms with Crippen LogP contribution in [0.25, 0.3) is 0 Å². The number of nitrogens with two attached hydrogens (primary N) is 1. The van der Waals surface area contributed by atoms with Crippen LogP contribution in [0.2, 0.25) is 18.1 Å². The highest BCUT2D eigenvalue weighted by molar-refractivity contribution is 6.74. The largest absolute Gasteiger partial charge is 0.481 e. The average Bonchev–Trinajstić information content (AvgIpc) is 1.50. The zero-order valence-corrected chi connectivity index (χ0v) is 83.2. The van der Waals surface area contributed by atoms with E-state index in [-0.39, 0.29) is 134 Å². The van der Waals surface area contributed by atoms with Gasteiger partial charge in [-0.1, -0.05) is 114 Å². The predicted octanol–water partition coefficient (Wildman–Crippen LogP) is 19.5. The number of Topliss-reactive ketones (excluding diaryl/α,β-unsaturated/α-hetero) is 2. The topological polar surface area (TPSA) is 343 Å². The molecule has 0 aromatic carbocycles. The first-order valence-electron chi connectivity index (χ1n) is 48.9. The summed E-state index contributed by atoms with van der Waals surface area (Å²) in [5.41, 5.74) is 7.46. The van der Waals surface area contributed by atoms with E-state index in [0.717, 1.165) is 136 Å². The van der Waals surface area contributed by atoms with Crippen LogP contribution in [-0.4, -0.2) is 168 Å². The number of carboxylic acids is 1. The van der Waals surface area contributed by atoms with Gasteiger partial charge in [-0.05, 0) is 381 Å². The highest BCUT2D eigenvalue weighted by Crippen LogP contribution is 2.68. The van der Waals surface area contributed by atoms with Crippen molar-refractivity contribution in [3.8, 4) is 0 Å². The highest BCUT2D eigenvalue weighted by atomic mass is 28.4. The summed E-state index contributed by atoms with van der Waals surface area (Å²) in [7, 11) is -1.85. The first-order chi connectivity index (χ1) is 57.2. The predicted molar refractivity (Wildman–Crippen MR) is 495 cm³/mol. The lowest BCUT2D eigenvalue weighted by atomic mass is 9.49. The number of allylic oxidation sites excluding steroid dienone is 2. The standard InChI is InChI=1S/C31H57NO4Si.C25H43NO4.C24H41NO5.C20H35NO2.C2H4O2/c1-21-14-16-30(8,22(18-21)20-35-37(10,11)29(5,6)7)25-15-17-31(9)24(12-13-26(31)33)23(25)19-32-27(34)36-28(2,3)4;1-16-7-8-20-19(14-26-22(29)30-23(2,3)4)21(10-12-24(16,20)5)25(6)11-9-18(28)13-17(25)15-27;1-22(2,3)30-21(29)25-13-17-18-6-7-20(28)24(18,5)11-9-19(17)23(4)10-8-16(27)12-15(23)14-26;1-13-4-5-17-16(11-21)18(7-9-19(13,17)2)20(3)8-6-15(23)10-14(20)12-22;1-2(3)4/h21-25H,12-20H2,1-11H3,(H,32,34);17-21,27-28H,1,7-15H2,2-6H3,(H,26,29);15-19,26-27H,6-14H2,1-5H3,(H,25,29);14-18,22-23H,1,4-12,21H2,2-3H3;1H3,(H,3,4)/t21-,22+,23-,24-,25-,30-,31-;17-,18+,19+,20+,21+,24-,25+;15-,16+,17+,18+,19+,23+,24+;14-,15+,16+,17+,18+,19-,20+;/m0111./s1. The molecule has 22 heteroatoms. The van der Waals surface area contributed by atoms with E-state index in [1.807, 2.05) is 62.3 Å². The molecule has 12 aliphatic rings. The molecule has 3 amide bonds. The number of fused-ring (bicyclic) bond motifs is 4. The van der Waals surface area contributed by atoms with Gasteiger partial charge in [-0.25, -0.2) is 14.4 Å². The molecule has 12 saturated carbocycles. The van der Waals surface area contributed by atoms with Crippen molar-refractivity contribution in [1.82, 2.24) is 16.0 Å². The Balaban J connectivity index is 0.000000204. The van der Waals surface area contributed by atoms with Gasteiger partial charge in [-0.3, -0.25) is 14.4 Å². The smallest absolute Gasteiger partial charge is 0.407 e. The van der Waals surface area contributed by atoms with Gasteiger partial charge in [0.1, 0.15) is 28.4 Å². The van der Waals surface area contributed by atoms with E-state index < -0.39 is 37.2 Å². The van der Waals surface area contributed by atoms with Crippen LogP contribution in [0.4, 0.5) is 14.4 Å². The van der Waals surface area contributed by atoms with Crippen LogP contribution in [0.5, 0.6) is 0 Å². The van der Waals surface area contributed by atoms with Gasteiger partial charge in [0.2, 0.25) is 0 Å². The number of carboxylic acid groups (broad SMARTS) is 1. The number of rotatable bonds is 17. The quantitative estimate of drug-likeness (QED) is 0.0366. The Morgan fingerprint density at radius 3 is 0.992 bits per heavy atom. The molecule has 124 heavy (non-hydrogen) atoms. The number of carbonyl (C=O) groups is 6. The second-order valence-corrected chi connectivity index (χ2v) is 53.3. The van der Waals surface area contributed by atoms with E-state index >= 15 is 0 Å². The van der Waals surface area contributed by atoms with Crippen molar-refractivity contribution in [2.24, 2.45) is 150 Å². The molecule has 12 fully saturated rings. The Morgan fingerprint density at radius 1 is 0.419 bits per heavy atom. The zero-order valence-electron chi connectivity index (χ0n) is 82.2. The van der Waals surface area contributed by atoms with Crippen molar-refractivity contribution in [2.75, 3.05) is 52.6 Å². The summed E-state index contributed by atoms with van der Waals surface area (Å²) in [4.78, 5) is 72.3. The molecule has 12 N–H and O–H groups in total. The van der Waals surface area contributed by atoms with E-state index in [9.17, 15) is 54.6 Å². The summed E-state index contributed by atoms with van der Waals surface area (Å²) in [6, 6.07) is 0. The monoisotopic (exact) mass is 1760 g/mol. The molecule has 0 saturated heterocycles. The van der Waals surface area contributed by atoms with Crippen molar-refractivity contribution < 1.29 is 83.1 Å². The number of hydrogen-bond acceptors (Lipinski definition) is 17. The fourth-order valence-electron chi connectivity index (χ4n) is 27.9. The van der Waals surface area contributed by atoms with E-state index in [0.29, 0.717) is 122 Å². The molecule has 0 aromatic heterocycles. The van der Waals surface area contributed by atoms with Crippen LogP contribution in [0.1, 0.15) is 332 Å². The normalized spacial score (nSPS) is 41.1. The summed E-state index contributed by atoms with van der Waals surface area (Å²) >= 11 is 0. The zero-order chi connectivity index (χ0) is 93.1. The first-order valence-corrected chi connectivity index (χ1v) is 51.9. The molecule has 21 nitrogen and oxygen atoms in total. The van der Waals surface area contributed by atoms with Crippen LogP contribution in [0.3, 0.4) is 0 Å². The Labute approximate surface area is 751 Å². The number of nitrogens with one attached hydrogen (secondary N) is 3. The minimum absolute atomic E-state index is 0.0283. The van der Waals surface area contributed by atoms with Crippen LogP contribution in [0.15, 0.2) is 24.3 Å². The Morgan fingerprint density at radius 2 is 0.694 bits per heavy atom. The maximum atomic E-state index is 13.1. The fourth-order valence-corrected chi connectivity index (χ4v) is 29.0. The van der Waals surface area contributed by atoms with E-state index in [1.54, 1.807) is 0 Å². The number of aliphatic hydroxyl groups excluding tert-OH is 6. The van der Waals surface area contributed by atoms with E-state index in [1.165, 1.54) is 49.7 Å². The highest BCUT2D eigenvalue weighted by Gasteiger charge is 2.63. The van der Waals surface area contributed by atoms with Gasteiger partial charge in [0.25, 0.3) is 5.97 Å². The van der Waals surface area contributed by atoms with Crippen LogP contribution in [0, 0.1) is 144 Å². The third-order valence-electron chi connectivity index (χ3n) is 36.8. The molecule has 28 atom stereocenters. The lowest BCUT2D eigenvalue weighted by Gasteiger charge is -2.57. The number of ketones is 2. The number of carbonyl (C=O) groups excluding carboxylic acids is 5. The summed E-state index contributed by atoms with van der Waals surface area (Å²) in [5.74, 6) is 6.25. The molecule has 0 aliphatic heterocycles. The molecule has 12 aliphatic carbocycles. The van der Waals surface area contributed by atoms with E-state index in [2.05, 4.69) is 125 Å². The van der Waals surface area contributed by atoms with Crippen molar-refractivity contribution >= 4 is 44.1 Å². The van der Waals surface area contributed by atoms with Crippen molar-refractivity contribution in [3.63, 3.8) is 0 Å². The Kier molecular flexibility index (Phi) is 34.8. The van der Waals surface area contributed by atoms with Gasteiger partial charge in [-0.2, -0.15) is 0 Å². The van der Waals surface area contributed by atoms with Gasteiger partial charge < -0.3 is 76.1 Å². The van der Waals surface area contributed by atoms with Crippen LogP contribution >= 0.6 is 0 Å². The third kappa shape index (κ3) is 23.7. The maximum absolute atomic E-state index is 13.1. The number of ether oxygens (including phenoxy) is 3. The Bertz CT molecular complexity index is 3500. The van der Waals surface area contributed by atoms with Crippen molar-refractivity contribution in [1.29, 1.82) is 0 Å². The van der Waals surface area contributed by atoms with Gasteiger partial charge in [0, 0.05) is 76.7 Å².